The second-order valence-electron chi connectivity index (χ2n) is 5.79. The second-order valence-corrected chi connectivity index (χ2v) is 5.79. The van der Waals surface area contributed by atoms with E-state index >= 15 is 0 Å². The summed E-state index contributed by atoms with van der Waals surface area (Å²) in [5, 5.41) is 12.5. The predicted octanol–water partition coefficient (Wildman–Crippen LogP) is 3.31. The van der Waals surface area contributed by atoms with Crippen molar-refractivity contribution in [3.05, 3.63) is 29.3 Å². The van der Waals surface area contributed by atoms with Crippen LogP contribution in [0.3, 0.4) is 0 Å². The number of carboxylic acid groups (broad SMARTS) is 1. The smallest absolute Gasteiger partial charge is 0.323 e. The number of nitrogens with one attached hydrogen (secondary N) is 1. The molecule has 0 amide bonds. The molecule has 1 unspecified atom stereocenters. The molecule has 1 atom stereocenters. The zero-order valence-corrected chi connectivity index (χ0v) is 13.5. The maximum absolute atomic E-state index is 11.4. The first-order valence-electron chi connectivity index (χ1n) is 7.57. The Labute approximate surface area is 127 Å². The summed E-state index contributed by atoms with van der Waals surface area (Å²) in [5.74, 6) is 0.0709. The van der Waals surface area contributed by atoms with Crippen LogP contribution in [0.4, 0.5) is 0 Å². The number of carbonyl (C=O) groups is 1. The van der Waals surface area contributed by atoms with Gasteiger partial charge >= 0.3 is 5.97 Å². The number of ether oxygens (including phenoxy) is 1. The van der Waals surface area contributed by atoms with E-state index in [0.29, 0.717) is 26.0 Å². The molecule has 0 aromatic heterocycles. The summed E-state index contributed by atoms with van der Waals surface area (Å²) in [7, 11) is 0. The van der Waals surface area contributed by atoms with E-state index in [4.69, 9.17) is 4.74 Å². The highest BCUT2D eigenvalue weighted by molar-refractivity contribution is 5.78. The van der Waals surface area contributed by atoms with E-state index in [1.54, 1.807) is 6.92 Å². The van der Waals surface area contributed by atoms with Crippen LogP contribution in [0.1, 0.15) is 44.2 Å². The van der Waals surface area contributed by atoms with Gasteiger partial charge in [0, 0.05) is 0 Å². The van der Waals surface area contributed by atoms with Crippen LogP contribution in [0.2, 0.25) is 0 Å². The van der Waals surface area contributed by atoms with Crippen molar-refractivity contribution in [3.8, 4) is 5.75 Å². The van der Waals surface area contributed by atoms with E-state index in [1.807, 2.05) is 26.0 Å². The van der Waals surface area contributed by atoms with Crippen molar-refractivity contribution in [3.63, 3.8) is 0 Å². The molecule has 4 heteroatoms. The third-order valence-electron chi connectivity index (χ3n) is 3.65. The SMILES string of the molecule is CCCNC(C)(CCCOc1ccc(C)cc1C)C(=O)O. The molecule has 0 aliphatic heterocycles. The van der Waals surface area contributed by atoms with Crippen molar-refractivity contribution in [1.29, 1.82) is 0 Å². The molecule has 1 aromatic rings. The first-order chi connectivity index (χ1) is 9.89. The third-order valence-corrected chi connectivity index (χ3v) is 3.65. The van der Waals surface area contributed by atoms with Gasteiger partial charge in [0.2, 0.25) is 0 Å². The molecule has 0 heterocycles. The van der Waals surface area contributed by atoms with Gasteiger partial charge in [0.1, 0.15) is 11.3 Å². The summed E-state index contributed by atoms with van der Waals surface area (Å²) in [4.78, 5) is 11.4. The summed E-state index contributed by atoms with van der Waals surface area (Å²) in [6.45, 7) is 9.07. The Morgan fingerprint density at radius 3 is 2.67 bits per heavy atom. The lowest BCUT2D eigenvalue weighted by molar-refractivity contribution is -0.144. The van der Waals surface area contributed by atoms with E-state index < -0.39 is 11.5 Å². The Morgan fingerprint density at radius 2 is 2.10 bits per heavy atom. The lowest BCUT2D eigenvalue weighted by atomic mass is 9.96. The number of aliphatic carboxylic acids is 1. The van der Waals surface area contributed by atoms with Gasteiger partial charge in [0.05, 0.1) is 6.61 Å². The summed E-state index contributed by atoms with van der Waals surface area (Å²) >= 11 is 0. The molecule has 1 aromatic carbocycles. The molecule has 1 rings (SSSR count). The lowest BCUT2D eigenvalue weighted by Crippen LogP contribution is -2.49. The number of hydrogen-bond acceptors (Lipinski definition) is 3. The highest BCUT2D eigenvalue weighted by Gasteiger charge is 2.31. The third kappa shape index (κ3) is 5.38. The van der Waals surface area contributed by atoms with Crippen LogP contribution in [-0.4, -0.2) is 29.8 Å². The van der Waals surface area contributed by atoms with Crippen molar-refractivity contribution in [2.24, 2.45) is 0 Å². The monoisotopic (exact) mass is 293 g/mol. The van der Waals surface area contributed by atoms with Crippen LogP contribution in [0.15, 0.2) is 18.2 Å². The van der Waals surface area contributed by atoms with Crippen molar-refractivity contribution in [2.45, 2.75) is 52.5 Å². The molecular weight excluding hydrogens is 266 g/mol. The van der Waals surface area contributed by atoms with E-state index in [9.17, 15) is 9.90 Å². The van der Waals surface area contributed by atoms with Crippen LogP contribution in [0, 0.1) is 13.8 Å². The number of rotatable bonds is 9. The quantitative estimate of drug-likeness (QED) is 0.686. The fourth-order valence-corrected chi connectivity index (χ4v) is 2.24. The molecule has 0 saturated heterocycles. The molecule has 0 fully saturated rings. The first-order valence-corrected chi connectivity index (χ1v) is 7.57. The minimum atomic E-state index is -0.873. The number of hydrogen-bond donors (Lipinski definition) is 2. The molecule has 4 nitrogen and oxygen atoms in total. The fraction of sp³-hybridized carbons (Fsp3) is 0.588. The van der Waals surface area contributed by atoms with Gasteiger partial charge in [-0.15, -0.1) is 0 Å². The largest absolute Gasteiger partial charge is 0.493 e. The molecular formula is C17H27NO3. The van der Waals surface area contributed by atoms with Gasteiger partial charge in [0.25, 0.3) is 0 Å². The van der Waals surface area contributed by atoms with Crippen LogP contribution < -0.4 is 10.1 Å². The van der Waals surface area contributed by atoms with Crippen molar-refractivity contribution < 1.29 is 14.6 Å². The highest BCUT2D eigenvalue weighted by atomic mass is 16.5. The van der Waals surface area contributed by atoms with Crippen LogP contribution in [0.5, 0.6) is 5.75 Å². The topological polar surface area (TPSA) is 58.6 Å². The highest BCUT2D eigenvalue weighted by Crippen LogP contribution is 2.20. The summed E-state index contributed by atoms with van der Waals surface area (Å²) in [6.07, 6.45) is 2.17. The standard InChI is InChI=1S/C17H27NO3/c1-5-10-18-17(4,16(19)20)9-6-11-21-15-8-7-13(2)12-14(15)3/h7-8,12,18H,5-6,9-11H2,1-4H3,(H,19,20). The summed E-state index contributed by atoms with van der Waals surface area (Å²) in [5.41, 5.74) is 1.45. The van der Waals surface area contributed by atoms with Gasteiger partial charge < -0.3 is 15.2 Å². The Morgan fingerprint density at radius 1 is 1.38 bits per heavy atom. The lowest BCUT2D eigenvalue weighted by Gasteiger charge is -2.26. The zero-order valence-electron chi connectivity index (χ0n) is 13.5. The normalized spacial score (nSPS) is 13.7. The minimum absolute atomic E-state index is 0.528. The molecule has 2 N–H and O–H groups in total. The molecule has 0 aliphatic rings. The van der Waals surface area contributed by atoms with E-state index in [0.717, 1.165) is 17.7 Å². The van der Waals surface area contributed by atoms with E-state index in [-0.39, 0.29) is 0 Å². The minimum Gasteiger partial charge on any atom is -0.493 e. The molecule has 0 radical (unpaired) electrons. The Hall–Kier alpha value is -1.55. The number of carboxylic acids is 1. The van der Waals surface area contributed by atoms with Gasteiger partial charge in [-0.2, -0.15) is 0 Å². The van der Waals surface area contributed by atoms with Gasteiger partial charge in [-0.05, 0) is 58.2 Å². The van der Waals surface area contributed by atoms with Gasteiger partial charge in [-0.25, -0.2) is 0 Å². The second kappa shape index (κ2) is 8.03. The van der Waals surface area contributed by atoms with E-state index in [2.05, 4.69) is 18.3 Å². The number of aryl methyl sites for hydroxylation is 2. The average molecular weight is 293 g/mol. The molecule has 0 bridgehead atoms. The number of benzene rings is 1. The van der Waals surface area contributed by atoms with Gasteiger partial charge in [-0.1, -0.05) is 24.6 Å². The molecule has 0 aliphatic carbocycles. The fourth-order valence-electron chi connectivity index (χ4n) is 2.24. The Balaban J connectivity index is 2.46. The van der Waals surface area contributed by atoms with Crippen molar-refractivity contribution >= 4 is 5.97 Å². The maximum Gasteiger partial charge on any atom is 0.323 e. The molecule has 118 valence electrons. The summed E-state index contributed by atoms with van der Waals surface area (Å²) < 4.78 is 5.75. The molecule has 0 saturated carbocycles. The maximum atomic E-state index is 11.4. The Kier molecular flexibility index (Phi) is 6.69. The van der Waals surface area contributed by atoms with Crippen molar-refractivity contribution in [1.82, 2.24) is 5.32 Å². The summed E-state index contributed by atoms with van der Waals surface area (Å²) in [6, 6.07) is 6.07. The van der Waals surface area contributed by atoms with Gasteiger partial charge in [0.15, 0.2) is 0 Å². The predicted molar refractivity (Wildman–Crippen MR) is 85.0 cm³/mol. The molecule has 21 heavy (non-hydrogen) atoms. The van der Waals surface area contributed by atoms with Gasteiger partial charge in [-0.3, -0.25) is 4.79 Å². The van der Waals surface area contributed by atoms with Crippen LogP contribution in [0.25, 0.3) is 0 Å². The molecule has 0 spiro atoms. The van der Waals surface area contributed by atoms with E-state index in [1.165, 1.54) is 5.56 Å². The average Bonchev–Trinajstić information content (AvgIpc) is 2.43. The van der Waals surface area contributed by atoms with Crippen LogP contribution >= 0.6 is 0 Å². The first kappa shape index (κ1) is 17.5. The Bertz CT molecular complexity index is 473. The van der Waals surface area contributed by atoms with Crippen LogP contribution in [-0.2, 0) is 4.79 Å². The zero-order chi connectivity index (χ0) is 15.9. The van der Waals surface area contributed by atoms with Crippen molar-refractivity contribution in [2.75, 3.05) is 13.2 Å².